The van der Waals surface area contributed by atoms with E-state index >= 15 is 0 Å². The molecule has 10 heteroatoms. The summed E-state index contributed by atoms with van der Waals surface area (Å²) in [5.41, 5.74) is 4.14. The van der Waals surface area contributed by atoms with Crippen molar-refractivity contribution in [2.24, 2.45) is 0 Å². The topological polar surface area (TPSA) is 74.8 Å². The zero-order valence-corrected chi connectivity index (χ0v) is 23.6. The smallest absolute Gasteiger partial charge is 0.223 e. The lowest BCUT2D eigenvalue weighted by molar-refractivity contribution is -0.117. The Balaban J connectivity index is 0.000000142. The van der Waals surface area contributed by atoms with Gasteiger partial charge in [0.15, 0.2) is 9.84 Å². The maximum atomic E-state index is 11.7. The summed E-state index contributed by atoms with van der Waals surface area (Å²) >= 11 is 8.83. The number of rotatable bonds is 0. The molecule has 0 unspecified atom stereocenters. The minimum atomic E-state index is -2.92. The van der Waals surface area contributed by atoms with E-state index in [1.165, 1.54) is 12.5 Å². The minimum Gasteiger partial charge on any atom is -0.311 e. The number of thioether (sulfide) groups is 1. The first-order chi connectivity index (χ1) is 16.0. The third kappa shape index (κ3) is 3.94. The van der Waals surface area contributed by atoms with Crippen molar-refractivity contribution in [3.05, 3.63) is 56.5 Å². The van der Waals surface area contributed by atoms with E-state index in [0.29, 0.717) is 6.54 Å². The van der Waals surface area contributed by atoms with Crippen molar-refractivity contribution in [3.63, 3.8) is 0 Å². The molecular weight excluding hydrogens is 604 g/mol. The second-order valence-corrected chi connectivity index (χ2v) is 14.5. The van der Waals surface area contributed by atoms with Gasteiger partial charge in [-0.3, -0.25) is 9.59 Å². The van der Waals surface area contributed by atoms with Crippen LogP contribution in [-0.2, 0) is 30.3 Å². The van der Waals surface area contributed by atoms with Crippen molar-refractivity contribution < 1.29 is 18.0 Å². The molecule has 0 saturated carbocycles. The first-order valence-corrected chi connectivity index (χ1v) is 15.5. The van der Waals surface area contributed by atoms with E-state index in [-0.39, 0.29) is 34.2 Å². The van der Waals surface area contributed by atoms with Crippen molar-refractivity contribution in [1.29, 1.82) is 0 Å². The number of fused-ring (bicyclic) bond motifs is 4. The maximum absolute atomic E-state index is 11.7. The van der Waals surface area contributed by atoms with Crippen LogP contribution in [0.1, 0.15) is 25.0 Å². The van der Waals surface area contributed by atoms with Gasteiger partial charge >= 0.3 is 0 Å². The van der Waals surface area contributed by atoms with E-state index in [0.717, 1.165) is 43.9 Å². The van der Waals surface area contributed by atoms with Gasteiger partial charge in [-0.25, -0.2) is 8.42 Å². The van der Waals surface area contributed by atoms with E-state index < -0.39 is 9.84 Å². The van der Waals surface area contributed by atoms with Gasteiger partial charge in [0.25, 0.3) is 0 Å². The fourth-order valence-electron chi connectivity index (χ4n) is 5.50. The zero-order valence-electron chi connectivity index (χ0n) is 18.8. The molecule has 4 heterocycles. The number of carbonyl (C=O) groups is 2. The molecule has 2 amide bonds. The van der Waals surface area contributed by atoms with Gasteiger partial charge in [0, 0.05) is 69.6 Å². The van der Waals surface area contributed by atoms with Gasteiger partial charge in [0.2, 0.25) is 11.8 Å². The van der Waals surface area contributed by atoms with Crippen LogP contribution in [0.15, 0.2) is 45.3 Å². The van der Waals surface area contributed by atoms with Gasteiger partial charge < -0.3 is 9.80 Å². The quantitative estimate of drug-likeness (QED) is 0.436. The number of sulfone groups is 1. The molecule has 6 nitrogen and oxygen atoms in total. The Bertz CT molecular complexity index is 1310. The molecule has 4 aliphatic heterocycles. The van der Waals surface area contributed by atoms with E-state index in [4.69, 9.17) is 0 Å². The summed E-state index contributed by atoms with van der Waals surface area (Å²) < 4.78 is 24.9. The van der Waals surface area contributed by atoms with Crippen LogP contribution in [0, 0.1) is 0 Å². The second-order valence-electron chi connectivity index (χ2n) is 9.62. The number of hydrogen-bond acceptors (Lipinski definition) is 5. The number of anilines is 2. The van der Waals surface area contributed by atoms with Crippen molar-refractivity contribution in [2.45, 2.75) is 24.7 Å². The molecule has 0 N–H and O–H groups in total. The summed E-state index contributed by atoms with van der Waals surface area (Å²) in [6, 6.07) is 12.0. The summed E-state index contributed by atoms with van der Waals surface area (Å²) in [6.07, 6.45) is 0. The SMILES string of the molecule is CC(=O)N1CC2(CS(=O)(=O)C2)c2ccc(Br)cc21.CC(=O)N1CC2(CSC2)c2ccc(Br)cc21. The fourth-order valence-corrected chi connectivity index (χ4v) is 9.48. The minimum absolute atomic E-state index is 0.0458. The average Bonchev–Trinajstić information content (AvgIpc) is 3.21. The Labute approximate surface area is 220 Å². The lowest BCUT2D eigenvalue weighted by Gasteiger charge is -2.38. The molecule has 4 aliphatic rings. The predicted octanol–water partition coefficient (Wildman–Crippen LogP) is 4.28. The van der Waals surface area contributed by atoms with Crippen LogP contribution in [0.2, 0.25) is 0 Å². The molecule has 0 radical (unpaired) electrons. The third-order valence-corrected chi connectivity index (χ3v) is 11.6. The van der Waals surface area contributed by atoms with Gasteiger partial charge in [-0.1, -0.05) is 44.0 Å². The lowest BCUT2D eigenvalue weighted by atomic mass is 9.85. The molecule has 0 bridgehead atoms. The summed E-state index contributed by atoms with van der Waals surface area (Å²) in [4.78, 5) is 26.9. The van der Waals surface area contributed by atoms with Crippen LogP contribution < -0.4 is 9.80 Å². The monoisotopic (exact) mass is 626 g/mol. The zero-order chi connectivity index (χ0) is 24.5. The van der Waals surface area contributed by atoms with Crippen molar-refractivity contribution >= 4 is 76.6 Å². The van der Waals surface area contributed by atoms with E-state index in [2.05, 4.69) is 50.1 Å². The van der Waals surface area contributed by atoms with Crippen LogP contribution in [0.3, 0.4) is 0 Å². The molecule has 2 saturated heterocycles. The van der Waals surface area contributed by atoms with Gasteiger partial charge in [-0.05, 0) is 35.4 Å². The summed E-state index contributed by atoms with van der Waals surface area (Å²) in [6.45, 7) is 4.50. The fraction of sp³-hybridized carbons (Fsp3) is 0.417. The summed E-state index contributed by atoms with van der Waals surface area (Å²) in [5, 5.41) is 0. The van der Waals surface area contributed by atoms with E-state index in [1.54, 1.807) is 11.8 Å². The number of nitrogens with zero attached hydrogens (tertiary/aromatic N) is 2. The van der Waals surface area contributed by atoms with Crippen LogP contribution in [0.25, 0.3) is 0 Å². The Morgan fingerprint density at radius 3 is 1.65 bits per heavy atom. The Morgan fingerprint density at radius 2 is 1.26 bits per heavy atom. The molecule has 0 atom stereocenters. The van der Waals surface area contributed by atoms with Gasteiger partial charge in [-0.15, -0.1) is 0 Å². The van der Waals surface area contributed by atoms with E-state index in [9.17, 15) is 18.0 Å². The number of benzene rings is 2. The molecule has 2 aromatic rings. The Kier molecular flexibility index (Phi) is 5.98. The average molecular weight is 628 g/mol. The van der Waals surface area contributed by atoms with E-state index in [1.807, 2.05) is 34.9 Å². The highest BCUT2D eigenvalue weighted by molar-refractivity contribution is 9.10. The lowest BCUT2D eigenvalue weighted by Crippen LogP contribution is -2.55. The first kappa shape index (κ1) is 24.3. The Morgan fingerprint density at radius 1 is 0.824 bits per heavy atom. The third-order valence-electron chi connectivity index (χ3n) is 7.07. The molecule has 180 valence electrons. The van der Waals surface area contributed by atoms with Crippen LogP contribution in [0.5, 0.6) is 0 Å². The molecule has 0 aliphatic carbocycles. The molecule has 2 spiro atoms. The highest BCUT2D eigenvalue weighted by atomic mass is 79.9. The number of halogens is 2. The van der Waals surface area contributed by atoms with Crippen molar-refractivity contribution in [2.75, 3.05) is 45.9 Å². The molecule has 2 aromatic carbocycles. The van der Waals surface area contributed by atoms with Gasteiger partial charge in [0.05, 0.1) is 11.5 Å². The highest BCUT2D eigenvalue weighted by Crippen LogP contribution is 2.51. The van der Waals surface area contributed by atoms with Gasteiger partial charge in [-0.2, -0.15) is 11.8 Å². The first-order valence-electron chi connectivity index (χ1n) is 10.9. The second kappa shape index (κ2) is 8.35. The highest BCUT2D eigenvalue weighted by Gasteiger charge is 2.56. The van der Waals surface area contributed by atoms with Crippen molar-refractivity contribution in [3.8, 4) is 0 Å². The predicted molar refractivity (Wildman–Crippen MR) is 144 cm³/mol. The summed E-state index contributed by atoms with van der Waals surface area (Å²) in [7, 11) is -2.92. The number of carbonyl (C=O) groups excluding carboxylic acids is 2. The van der Waals surface area contributed by atoms with Crippen molar-refractivity contribution in [1.82, 2.24) is 0 Å². The van der Waals surface area contributed by atoms with Crippen LogP contribution >= 0.6 is 43.6 Å². The molecule has 34 heavy (non-hydrogen) atoms. The largest absolute Gasteiger partial charge is 0.311 e. The maximum Gasteiger partial charge on any atom is 0.223 e. The van der Waals surface area contributed by atoms with Crippen LogP contribution in [0.4, 0.5) is 11.4 Å². The molecular formula is C24H24Br2N2O4S2. The molecule has 2 fully saturated rings. The standard InChI is InChI=1S/C12H12BrNO3S.C12H12BrNOS/c1-8(15)14-5-12(6-18(16,17)7-12)10-3-2-9(13)4-11(10)14;1-8(15)14-5-12(6-16-7-12)10-3-2-9(13)4-11(10)14/h2-4H,5-7H2,1H3;2-4H,5-7H2,1H3. The van der Waals surface area contributed by atoms with Gasteiger partial charge in [0.1, 0.15) is 0 Å². The number of amides is 2. The Hall–Kier alpha value is -1.36. The summed E-state index contributed by atoms with van der Waals surface area (Å²) in [5.74, 6) is 2.69. The molecule has 0 aromatic heterocycles. The molecule has 6 rings (SSSR count). The normalized spacial score (nSPS) is 21.8. The van der Waals surface area contributed by atoms with Crippen LogP contribution in [-0.4, -0.2) is 56.3 Å². The number of hydrogen-bond donors (Lipinski definition) is 0.